The summed E-state index contributed by atoms with van der Waals surface area (Å²) >= 11 is 3.82. The van der Waals surface area contributed by atoms with Crippen molar-refractivity contribution in [2.75, 3.05) is 0 Å². The summed E-state index contributed by atoms with van der Waals surface area (Å²) in [7, 11) is 0. The van der Waals surface area contributed by atoms with E-state index in [-0.39, 0.29) is 0 Å². The second-order valence-electron chi connectivity index (χ2n) is 5.16. The van der Waals surface area contributed by atoms with Crippen LogP contribution in [0.2, 0.25) is 0 Å². The highest BCUT2D eigenvalue weighted by Crippen LogP contribution is 2.36. The molecule has 0 bridgehead atoms. The Hall–Kier alpha value is -0.820. The summed E-state index contributed by atoms with van der Waals surface area (Å²) in [4.78, 5) is 0.649. The molecule has 1 heteroatoms. The van der Waals surface area contributed by atoms with Crippen LogP contribution in [0.4, 0.5) is 0 Å². The zero-order valence-corrected chi connectivity index (χ0v) is 11.5. The number of rotatable bonds is 4. The fourth-order valence-corrected chi connectivity index (χ4v) is 3.32. The van der Waals surface area contributed by atoms with Gasteiger partial charge in [-0.15, -0.1) is 0 Å². The molecule has 88 valence electrons. The van der Waals surface area contributed by atoms with Crippen LogP contribution in [0.15, 0.2) is 42.5 Å². The van der Waals surface area contributed by atoms with Crippen LogP contribution in [-0.2, 0) is 6.42 Å². The molecule has 0 saturated heterocycles. The van der Waals surface area contributed by atoms with Gasteiger partial charge in [0.1, 0.15) is 0 Å². The van der Waals surface area contributed by atoms with E-state index in [0.717, 1.165) is 12.3 Å². The molecule has 0 nitrogen and oxygen atoms in total. The largest absolute Gasteiger partial charge is 0.0887 e. The standard InChI is InChI=1S/C16H17Br/c17-16(10-12-5-6-12)11-13-7-8-14-3-1-2-4-15(14)9-13/h1-4,7-9,12,16H,5-6,10-11H2. The van der Waals surface area contributed by atoms with Crippen LogP contribution in [0.3, 0.4) is 0 Å². The number of hydrogen-bond acceptors (Lipinski definition) is 0. The van der Waals surface area contributed by atoms with Gasteiger partial charge in [0, 0.05) is 4.83 Å². The van der Waals surface area contributed by atoms with Crippen molar-refractivity contribution in [2.45, 2.75) is 30.5 Å². The van der Waals surface area contributed by atoms with Crippen LogP contribution >= 0.6 is 15.9 Å². The topological polar surface area (TPSA) is 0 Å². The highest BCUT2D eigenvalue weighted by molar-refractivity contribution is 9.09. The minimum atomic E-state index is 0.649. The van der Waals surface area contributed by atoms with Gasteiger partial charge < -0.3 is 0 Å². The predicted octanol–water partition coefficient (Wildman–Crippen LogP) is 4.95. The van der Waals surface area contributed by atoms with Crippen LogP contribution in [0.25, 0.3) is 10.8 Å². The first-order valence-corrected chi connectivity index (χ1v) is 7.34. The highest BCUT2D eigenvalue weighted by Gasteiger charge is 2.24. The Labute approximate surface area is 111 Å². The molecular formula is C16H17Br. The minimum absolute atomic E-state index is 0.649. The Bertz CT molecular complexity index is 514. The average molecular weight is 289 g/mol. The molecule has 17 heavy (non-hydrogen) atoms. The van der Waals surface area contributed by atoms with Gasteiger partial charge in [0.25, 0.3) is 0 Å². The van der Waals surface area contributed by atoms with Crippen LogP contribution in [0.1, 0.15) is 24.8 Å². The van der Waals surface area contributed by atoms with Crippen molar-refractivity contribution in [2.24, 2.45) is 5.92 Å². The lowest BCUT2D eigenvalue weighted by atomic mass is 10.0. The maximum atomic E-state index is 3.82. The summed E-state index contributed by atoms with van der Waals surface area (Å²) in [5.74, 6) is 1.000. The van der Waals surface area contributed by atoms with Gasteiger partial charge in [0.2, 0.25) is 0 Å². The smallest absolute Gasteiger partial charge is 0.0188 e. The van der Waals surface area contributed by atoms with Crippen molar-refractivity contribution in [3.8, 4) is 0 Å². The van der Waals surface area contributed by atoms with Crippen molar-refractivity contribution in [3.63, 3.8) is 0 Å². The molecule has 0 heterocycles. The van der Waals surface area contributed by atoms with E-state index < -0.39 is 0 Å². The summed E-state index contributed by atoms with van der Waals surface area (Å²) in [5.41, 5.74) is 1.45. The third kappa shape index (κ3) is 2.90. The Balaban J connectivity index is 1.75. The lowest BCUT2D eigenvalue weighted by molar-refractivity contribution is 0.690. The number of hydrogen-bond donors (Lipinski definition) is 0. The van der Waals surface area contributed by atoms with Gasteiger partial charge in [-0.3, -0.25) is 0 Å². The summed E-state index contributed by atoms with van der Waals surface area (Å²) in [5, 5.41) is 2.70. The SMILES string of the molecule is BrC(Cc1ccc2ccccc2c1)CC1CC1. The first-order chi connectivity index (χ1) is 8.31. The zero-order chi connectivity index (χ0) is 11.7. The van der Waals surface area contributed by atoms with Crippen molar-refractivity contribution >= 4 is 26.7 Å². The quantitative estimate of drug-likeness (QED) is 0.699. The molecule has 0 spiro atoms. The molecule has 2 aromatic rings. The Morgan fingerprint density at radius 1 is 1.06 bits per heavy atom. The molecule has 0 aromatic heterocycles. The molecular weight excluding hydrogens is 272 g/mol. The first kappa shape index (κ1) is 11.3. The normalized spacial score (nSPS) is 17.2. The van der Waals surface area contributed by atoms with Gasteiger partial charge in [-0.1, -0.05) is 71.2 Å². The predicted molar refractivity (Wildman–Crippen MR) is 77.7 cm³/mol. The zero-order valence-electron chi connectivity index (χ0n) is 9.90. The van der Waals surface area contributed by atoms with E-state index in [1.165, 1.54) is 35.6 Å². The third-order valence-electron chi connectivity index (χ3n) is 3.56. The third-order valence-corrected chi connectivity index (χ3v) is 4.25. The molecule has 1 atom stereocenters. The van der Waals surface area contributed by atoms with E-state index in [0.29, 0.717) is 4.83 Å². The van der Waals surface area contributed by atoms with Crippen molar-refractivity contribution < 1.29 is 0 Å². The number of fused-ring (bicyclic) bond motifs is 1. The lowest BCUT2D eigenvalue weighted by Crippen LogP contribution is -2.03. The molecule has 0 N–H and O–H groups in total. The van der Waals surface area contributed by atoms with Gasteiger partial charge in [-0.25, -0.2) is 0 Å². The molecule has 0 aliphatic heterocycles. The van der Waals surface area contributed by atoms with Crippen LogP contribution in [0.5, 0.6) is 0 Å². The van der Waals surface area contributed by atoms with E-state index in [2.05, 4.69) is 58.4 Å². The fraction of sp³-hybridized carbons (Fsp3) is 0.375. The lowest BCUT2D eigenvalue weighted by Gasteiger charge is -2.09. The van der Waals surface area contributed by atoms with Crippen LogP contribution in [0, 0.1) is 5.92 Å². The van der Waals surface area contributed by atoms with Crippen molar-refractivity contribution in [1.82, 2.24) is 0 Å². The van der Waals surface area contributed by atoms with Crippen LogP contribution in [-0.4, -0.2) is 4.83 Å². The summed E-state index contributed by atoms with van der Waals surface area (Å²) in [6.07, 6.45) is 5.38. The van der Waals surface area contributed by atoms with E-state index in [9.17, 15) is 0 Å². The maximum absolute atomic E-state index is 3.82. The van der Waals surface area contributed by atoms with Gasteiger partial charge >= 0.3 is 0 Å². The molecule has 0 radical (unpaired) electrons. The molecule has 1 aliphatic carbocycles. The van der Waals surface area contributed by atoms with E-state index in [1.807, 2.05) is 0 Å². The van der Waals surface area contributed by atoms with Gasteiger partial charge in [0.05, 0.1) is 0 Å². The Morgan fingerprint density at radius 3 is 2.59 bits per heavy atom. The highest BCUT2D eigenvalue weighted by atomic mass is 79.9. The average Bonchev–Trinajstić information content (AvgIpc) is 3.12. The van der Waals surface area contributed by atoms with Gasteiger partial charge in [-0.05, 0) is 35.1 Å². The number of alkyl halides is 1. The minimum Gasteiger partial charge on any atom is -0.0887 e. The van der Waals surface area contributed by atoms with Gasteiger partial charge in [0.15, 0.2) is 0 Å². The monoisotopic (exact) mass is 288 g/mol. The number of halogens is 1. The Kier molecular flexibility index (Phi) is 3.19. The van der Waals surface area contributed by atoms with E-state index in [1.54, 1.807) is 0 Å². The molecule has 1 fully saturated rings. The molecule has 1 aliphatic rings. The summed E-state index contributed by atoms with van der Waals surface area (Å²) < 4.78 is 0. The number of benzene rings is 2. The second kappa shape index (κ2) is 4.81. The van der Waals surface area contributed by atoms with E-state index >= 15 is 0 Å². The molecule has 1 unspecified atom stereocenters. The fourth-order valence-electron chi connectivity index (χ4n) is 2.42. The molecule has 0 amide bonds. The summed E-state index contributed by atoms with van der Waals surface area (Å²) in [6.45, 7) is 0. The molecule has 1 saturated carbocycles. The van der Waals surface area contributed by atoms with E-state index in [4.69, 9.17) is 0 Å². The first-order valence-electron chi connectivity index (χ1n) is 6.43. The summed E-state index contributed by atoms with van der Waals surface area (Å²) in [6, 6.07) is 15.4. The van der Waals surface area contributed by atoms with Crippen molar-refractivity contribution in [3.05, 3.63) is 48.0 Å². The maximum Gasteiger partial charge on any atom is 0.0188 e. The molecule has 3 rings (SSSR count). The van der Waals surface area contributed by atoms with Crippen LogP contribution < -0.4 is 0 Å². The molecule has 2 aromatic carbocycles. The van der Waals surface area contributed by atoms with Gasteiger partial charge in [-0.2, -0.15) is 0 Å². The van der Waals surface area contributed by atoms with Crippen molar-refractivity contribution in [1.29, 1.82) is 0 Å². The Morgan fingerprint density at radius 2 is 1.82 bits per heavy atom. The second-order valence-corrected chi connectivity index (χ2v) is 6.46.